The van der Waals surface area contributed by atoms with Gasteiger partial charge in [0.05, 0.1) is 0 Å². The largest absolute Gasteiger partial charge is 0.435 e. The fourth-order valence-corrected chi connectivity index (χ4v) is 0. The first-order valence-electron chi connectivity index (χ1n) is 0.670. The van der Waals surface area contributed by atoms with Crippen molar-refractivity contribution >= 4 is 10.5 Å². The molecule has 0 aromatic carbocycles. The van der Waals surface area contributed by atoms with Gasteiger partial charge in [-0.05, 0) is 0 Å². The zero-order chi connectivity index (χ0) is 4.50. The van der Waals surface area contributed by atoms with Crippen LogP contribution in [0.2, 0.25) is 0 Å². The monoisotopic (exact) mass is 176 g/mol. The van der Waals surface area contributed by atoms with E-state index >= 15 is 0 Å². The van der Waals surface area contributed by atoms with Gasteiger partial charge in [-0.1, -0.05) is 3.89 Å². The maximum atomic E-state index is 10.2. The van der Waals surface area contributed by atoms with Crippen molar-refractivity contribution in [2.45, 2.75) is 0 Å². The molecule has 0 amide bonds. The normalized spacial score (nSPS) is 8.29. The molecule has 0 aliphatic heterocycles. The molecule has 48 valence electrons. The molecule has 0 spiro atoms. The van der Waals surface area contributed by atoms with E-state index in [-0.39, 0.29) is 21.8 Å². The molecule has 0 atom stereocenters. The third kappa shape index (κ3) is 1380. The molecule has 0 fully saturated rings. The number of hydrogen-bond donors (Lipinski definition) is 1. The van der Waals surface area contributed by atoms with Gasteiger partial charge in [-0.2, -0.15) is 8.42 Å². The Morgan fingerprint density at radius 2 is 1.43 bits per heavy atom. The van der Waals surface area contributed by atoms with E-state index in [2.05, 4.69) is 0 Å². The second-order valence-corrected chi connectivity index (χ2v) is 1.24. The number of rotatable bonds is 0. The fourth-order valence-electron chi connectivity index (χ4n) is 0. The third-order valence-corrected chi connectivity index (χ3v) is 0. The van der Waals surface area contributed by atoms with Crippen molar-refractivity contribution in [1.82, 2.24) is 0 Å². The molecule has 0 radical (unpaired) electrons. The van der Waals surface area contributed by atoms with Gasteiger partial charge >= 0.3 is 10.5 Å². The minimum atomic E-state index is -5.17. The Labute approximate surface area is 49.8 Å². The molecule has 0 unspecified atom stereocenters. The quantitative estimate of drug-likeness (QED) is 0.318. The summed E-state index contributed by atoms with van der Waals surface area (Å²) in [6.45, 7) is 0. The van der Waals surface area contributed by atoms with Gasteiger partial charge in [0.2, 0.25) is 0 Å². The predicted molar refractivity (Wildman–Crippen MR) is 15.2 cm³/mol. The van der Waals surface area contributed by atoms with Crippen LogP contribution in [0, 0.1) is 0 Å². The Bertz CT molecular complexity index is 96.1. The van der Waals surface area contributed by atoms with Crippen LogP contribution in [-0.4, -0.2) is 13.0 Å². The first-order valence-corrected chi connectivity index (χ1v) is 2.01. The average Bonchev–Trinajstić information content (AvgIpc) is 0.722. The van der Waals surface area contributed by atoms with Gasteiger partial charge < -0.3 is 0 Å². The molecular weight excluding hydrogens is 174 g/mol. The summed E-state index contributed by atoms with van der Waals surface area (Å²) in [5, 5.41) is 0. The van der Waals surface area contributed by atoms with E-state index in [4.69, 9.17) is 13.0 Å². The van der Waals surface area contributed by atoms with Crippen LogP contribution >= 0.6 is 0 Å². The Balaban J connectivity index is -0.0000000800. The van der Waals surface area contributed by atoms with Crippen LogP contribution in [0.15, 0.2) is 0 Å². The van der Waals surface area contributed by atoms with Gasteiger partial charge in [-0.3, -0.25) is 9.26 Å². The SMILES string of the molecule is F.O=S(=O)(O)F.[Fe]. The average molecular weight is 176 g/mol. The predicted octanol–water partition coefficient (Wildman–Crippen LogP) is -0.0913. The minimum Gasteiger partial charge on any atom is -0.269 e. The molecule has 0 aromatic heterocycles. The van der Waals surface area contributed by atoms with E-state index in [1.165, 1.54) is 0 Å². The summed E-state index contributed by atoms with van der Waals surface area (Å²) >= 11 is 0. The van der Waals surface area contributed by atoms with Crippen LogP contribution in [0.4, 0.5) is 8.59 Å². The van der Waals surface area contributed by atoms with Crippen molar-refractivity contribution in [3.8, 4) is 0 Å². The van der Waals surface area contributed by atoms with Crippen molar-refractivity contribution < 1.29 is 38.6 Å². The Kier molecular flexibility index (Phi) is 9.96. The molecule has 7 heteroatoms. The summed E-state index contributed by atoms with van der Waals surface area (Å²) < 4.78 is 34.1. The number of halogens is 2. The Morgan fingerprint density at radius 3 is 1.43 bits per heavy atom. The van der Waals surface area contributed by atoms with Crippen LogP contribution in [0.25, 0.3) is 0 Å². The van der Waals surface area contributed by atoms with E-state index in [9.17, 15) is 3.89 Å². The van der Waals surface area contributed by atoms with E-state index < -0.39 is 10.5 Å². The van der Waals surface area contributed by atoms with E-state index in [1.54, 1.807) is 0 Å². The molecule has 1 N–H and O–H groups in total. The molecule has 0 saturated heterocycles. The standard InChI is InChI=1S/FHO3S.FH.Fe/c1-5(2,3)4;;/h(H,2,3,4);1H;. The minimum absolute atomic E-state index is 0. The second kappa shape index (κ2) is 4.45. The first kappa shape index (κ1) is 15.7. The molecule has 3 nitrogen and oxygen atoms in total. The zero-order valence-corrected chi connectivity index (χ0v) is 4.73. The van der Waals surface area contributed by atoms with Crippen LogP contribution in [0.5, 0.6) is 0 Å². The van der Waals surface area contributed by atoms with Gasteiger partial charge in [0.1, 0.15) is 0 Å². The molecule has 0 saturated carbocycles. The van der Waals surface area contributed by atoms with E-state index in [1.807, 2.05) is 0 Å². The van der Waals surface area contributed by atoms with E-state index in [0.29, 0.717) is 0 Å². The molecule has 0 bridgehead atoms. The third-order valence-electron chi connectivity index (χ3n) is 0. The van der Waals surface area contributed by atoms with Gasteiger partial charge in [0.25, 0.3) is 0 Å². The summed E-state index contributed by atoms with van der Waals surface area (Å²) in [7, 11) is -5.17. The van der Waals surface area contributed by atoms with Gasteiger partial charge in [-0.15, -0.1) is 0 Å². The van der Waals surface area contributed by atoms with Crippen molar-refractivity contribution in [3.05, 3.63) is 0 Å². The maximum absolute atomic E-state index is 10.2. The van der Waals surface area contributed by atoms with Crippen molar-refractivity contribution in [2.75, 3.05) is 0 Å². The molecular formula is H2F2FeO3S. The van der Waals surface area contributed by atoms with Crippen LogP contribution < -0.4 is 0 Å². The summed E-state index contributed by atoms with van der Waals surface area (Å²) in [5.74, 6) is 0. The van der Waals surface area contributed by atoms with Crippen molar-refractivity contribution in [3.63, 3.8) is 0 Å². The molecule has 0 aliphatic rings. The van der Waals surface area contributed by atoms with E-state index in [0.717, 1.165) is 0 Å². The molecule has 0 rings (SSSR count). The zero-order valence-electron chi connectivity index (χ0n) is 2.81. The Morgan fingerprint density at radius 1 is 1.43 bits per heavy atom. The maximum Gasteiger partial charge on any atom is 0.435 e. The molecule has 0 aliphatic carbocycles. The number of hydrogen-bond acceptors (Lipinski definition) is 2. The Hall–Kier alpha value is 0.289. The topological polar surface area (TPSA) is 54.4 Å². The van der Waals surface area contributed by atoms with Crippen molar-refractivity contribution in [2.24, 2.45) is 0 Å². The summed E-state index contributed by atoms with van der Waals surface area (Å²) in [4.78, 5) is 0. The van der Waals surface area contributed by atoms with Crippen LogP contribution in [0.3, 0.4) is 0 Å². The summed E-state index contributed by atoms with van der Waals surface area (Å²) in [5.41, 5.74) is 0. The smallest absolute Gasteiger partial charge is 0.269 e. The first-order chi connectivity index (χ1) is 2.00. The fraction of sp³-hybridized carbons (Fsp3) is 0. The summed E-state index contributed by atoms with van der Waals surface area (Å²) in [6, 6.07) is 0. The van der Waals surface area contributed by atoms with Gasteiger partial charge in [-0.25, -0.2) is 0 Å². The van der Waals surface area contributed by atoms with Crippen molar-refractivity contribution in [1.29, 1.82) is 0 Å². The van der Waals surface area contributed by atoms with Gasteiger partial charge in [0.15, 0.2) is 0 Å². The molecule has 7 heavy (non-hydrogen) atoms. The second-order valence-electron chi connectivity index (χ2n) is 0.412. The molecule has 0 heterocycles. The van der Waals surface area contributed by atoms with Crippen LogP contribution in [0.1, 0.15) is 0 Å². The molecule has 0 aromatic rings. The van der Waals surface area contributed by atoms with Gasteiger partial charge in [0, 0.05) is 17.1 Å². The van der Waals surface area contributed by atoms with Crippen LogP contribution in [-0.2, 0) is 27.6 Å². The summed E-state index contributed by atoms with van der Waals surface area (Å²) in [6.07, 6.45) is 0.